The second-order valence-corrected chi connectivity index (χ2v) is 5.73. The Kier molecular flexibility index (Phi) is 3.47. The lowest BCUT2D eigenvalue weighted by atomic mass is 10.1. The molecule has 106 valence electrons. The molecule has 0 bridgehead atoms. The van der Waals surface area contributed by atoms with E-state index in [2.05, 4.69) is 51.4 Å². The number of hydrogen-bond donors (Lipinski definition) is 1. The van der Waals surface area contributed by atoms with Crippen LogP contribution in [0, 0.1) is 13.8 Å². The third-order valence-electron chi connectivity index (χ3n) is 3.51. The second kappa shape index (κ2) is 5.29. The van der Waals surface area contributed by atoms with Crippen LogP contribution < -0.4 is 5.73 Å². The van der Waals surface area contributed by atoms with Crippen LogP contribution >= 0.6 is 15.9 Å². The fraction of sp³-hybridized carbons (Fsp3) is 0.133. The molecule has 0 saturated heterocycles. The fourth-order valence-corrected chi connectivity index (χ4v) is 2.62. The van der Waals surface area contributed by atoms with Gasteiger partial charge in [0.1, 0.15) is 0 Å². The van der Waals surface area contributed by atoms with E-state index in [0.717, 1.165) is 21.3 Å². The molecule has 0 unspecified atom stereocenters. The highest BCUT2D eigenvalue weighted by Crippen LogP contribution is 2.30. The maximum atomic E-state index is 5.88. The Balaban J connectivity index is 2.22. The molecule has 6 heteroatoms. The van der Waals surface area contributed by atoms with Crippen molar-refractivity contribution in [2.24, 2.45) is 0 Å². The van der Waals surface area contributed by atoms with Gasteiger partial charge in [-0.3, -0.25) is 0 Å². The van der Waals surface area contributed by atoms with Gasteiger partial charge in [0.25, 0.3) is 0 Å². The Morgan fingerprint density at radius 3 is 2.76 bits per heavy atom. The second-order valence-electron chi connectivity index (χ2n) is 4.87. The van der Waals surface area contributed by atoms with Gasteiger partial charge in [-0.15, -0.1) is 5.10 Å². The van der Waals surface area contributed by atoms with Crippen molar-refractivity contribution in [3.63, 3.8) is 0 Å². The van der Waals surface area contributed by atoms with Crippen LogP contribution in [0.1, 0.15) is 11.1 Å². The van der Waals surface area contributed by atoms with Crippen LogP contribution in [0.4, 0.5) is 5.69 Å². The van der Waals surface area contributed by atoms with Gasteiger partial charge in [0.2, 0.25) is 0 Å². The van der Waals surface area contributed by atoms with Crippen molar-refractivity contribution >= 4 is 21.6 Å². The molecular weight excluding hydrogens is 330 g/mol. The molecule has 5 nitrogen and oxygen atoms in total. The molecule has 0 spiro atoms. The van der Waals surface area contributed by atoms with Crippen molar-refractivity contribution in [1.82, 2.24) is 20.2 Å². The predicted molar refractivity (Wildman–Crippen MR) is 86.2 cm³/mol. The highest BCUT2D eigenvalue weighted by molar-refractivity contribution is 9.10. The Labute approximate surface area is 130 Å². The van der Waals surface area contributed by atoms with Crippen LogP contribution in [0.3, 0.4) is 0 Å². The molecule has 2 aromatic carbocycles. The maximum Gasteiger partial charge on any atom is 0.188 e. The van der Waals surface area contributed by atoms with Crippen molar-refractivity contribution in [3.05, 3.63) is 52.0 Å². The highest BCUT2D eigenvalue weighted by Gasteiger charge is 2.15. The maximum absolute atomic E-state index is 5.88. The molecule has 1 aromatic heterocycles. The summed E-state index contributed by atoms with van der Waals surface area (Å²) < 4.78 is 2.64. The lowest BCUT2D eigenvalue weighted by Crippen LogP contribution is -2.03. The van der Waals surface area contributed by atoms with Crippen molar-refractivity contribution in [2.45, 2.75) is 13.8 Å². The molecule has 0 amide bonds. The van der Waals surface area contributed by atoms with E-state index in [-0.39, 0.29) is 0 Å². The Bertz CT molecular complexity index is 793. The number of anilines is 1. The van der Waals surface area contributed by atoms with Gasteiger partial charge in [0.05, 0.1) is 5.69 Å². The number of tetrazole rings is 1. The Morgan fingerprint density at radius 1 is 1.14 bits per heavy atom. The molecule has 1 heterocycles. The minimum atomic E-state index is 0.655. The van der Waals surface area contributed by atoms with E-state index < -0.39 is 0 Å². The summed E-state index contributed by atoms with van der Waals surface area (Å²) in [5.41, 5.74) is 10.7. The summed E-state index contributed by atoms with van der Waals surface area (Å²) in [5, 5.41) is 12.1. The summed E-state index contributed by atoms with van der Waals surface area (Å²) in [5.74, 6) is 0.655. The van der Waals surface area contributed by atoms with E-state index in [1.54, 1.807) is 4.68 Å². The molecule has 0 aliphatic heterocycles. The molecule has 21 heavy (non-hydrogen) atoms. The Hall–Kier alpha value is -2.21. The van der Waals surface area contributed by atoms with Gasteiger partial charge >= 0.3 is 0 Å². The third-order valence-corrected chi connectivity index (χ3v) is 4.20. The standard InChI is InChI=1S/C15H14BrN5/c1-9-4-3-5-14(10(9)2)21-15(18-19-20-21)12-8-11(17)6-7-13(12)16/h3-8H,17H2,1-2H3. The summed E-state index contributed by atoms with van der Waals surface area (Å²) in [6.07, 6.45) is 0. The summed E-state index contributed by atoms with van der Waals surface area (Å²) in [6.45, 7) is 4.13. The van der Waals surface area contributed by atoms with Gasteiger partial charge in [-0.25, -0.2) is 0 Å². The number of rotatable bonds is 2. The normalized spacial score (nSPS) is 10.8. The van der Waals surface area contributed by atoms with Crippen molar-refractivity contribution in [2.75, 3.05) is 5.73 Å². The number of halogens is 1. The highest BCUT2D eigenvalue weighted by atomic mass is 79.9. The first-order valence-electron chi connectivity index (χ1n) is 6.48. The van der Waals surface area contributed by atoms with Crippen LogP contribution in [0.5, 0.6) is 0 Å². The molecule has 0 aliphatic rings. The van der Waals surface area contributed by atoms with Crippen LogP contribution in [-0.4, -0.2) is 20.2 Å². The minimum absolute atomic E-state index is 0.655. The smallest absolute Gasteiger partial charge is 0.188 e. The molecule has 2 N–H and O–H groups in total. The molecule has 0 atom stereocenters. The zero-order valence-corrected chi connectivity index (χ0v) is 13.3. The number of nitrogens with zero attached hydrogens (tertiary/aromatic N) is 4. The molecule has 0 fully saturated rings. The SMILES string of the molecule is Cc1cccc(-n2nnnc2-c2cc(N)ccc2Br)c1C. The number of aromatic nitrogens is 4. The van der Waals surface area contributed by atoms with Crippen molar-refractivity contribution < 1.29 is 0 Å². The lowest BCUT2D eigenvalue weighted by Gasteiger charge is -2.11. The summed E-state index contributed by atoms with van der Waals surface area (Å²) in [7, 11) is 0. The van der Waals surface area contributed by atoms with Gasteiger partial charge in [0.15, 0.2) is 5.82 Å². The largest absolute Gasteiger partial charge is 0.399 e. The predicted octanol–water partition coefficient (Wildman–Crippen LogP) is 3.29. The number of nitrogen functional groups attached to an aromatic ring is 1. The Morgan fingerprint density at radius 2 is 1.95 bits per heavy atom. The number of benzene rings is 2. The van der Waals surface area contributed by atoms with E-state index >= 15 is 0 Å². The van der Waals surface area contributed by atoms with Gasteiger partial charge in [-0.2, -0.15) is 4.68 Å². The summed E-state index contributed by atoms with van der Waals surface area (Å²) >= 11 is 3.53. The van der Waals surface area contributed by atoms with E-state index in [9.17, 15) is 0 Å². The average molecular weight is 344 g/mol. The van der Waals surface area contributed by atoms with Gasteiger partial charge in [-0.05, 0) is 59.7 Å². The molecule has 0 aliphatic carbocycles. The molecular formula is C15H14BrN5. The zero-order valence-electron chi connectivity index (χ0n) is 11.7. The molecule has 3 aromatic rings. The van der Waals surface area contributed by atoms with E-state index in [1.165, 1.54) is 5.56 Å². The first-order chi connectivity index (χ1) is 10.1. The van der Waals surface area contributed by atoms with Gasteiger partial charge < -0.3 is 5.73 Å². The number of aryl methyl sites for hydroxylation is 1. The van der Waals surface area contributed by atoms with Crippen molar-refractivity contribution in [1.29, 1.82) is 0 Å². The van der Waals surface area contributed by atoms with Crippen LogP contribution in [0.2, 0.25) is 0 Å². The monoisotopic (exact) mass is 343 g/mol. The summed E-state index contributed by atoms with van der Waals surface area (Å²) in [4.78, 5) is 0. The van der Waals surface area contributed by atoms with E-state index in [0.29, 0.717) is 11.5 Å². The van der Waals surface area contributed by atoms with Crippen LogP contribution in [0.25, 0.3) is 17.1 Å². The van der Waals surface area contributed by atoms with Gasteiger partial charge in [0, 0.05) is 15.7 Å². The molecule has 0 radical (unpaired) electrons. The lowest BCUT2D eigenvalue weighted by molar-refractivity contribution is 0.786. The number of hydrogen-bond acceptors (Lipinski definition) is 4. The minimum Gasteiger partial charge on any atom is -0.399 e. The first-order valence-corrected chi connectivity index (χ1v) is 7.27. The van der Waals surface area contributed by atoms with Gasteiger partial charge in [-0.1, -0.05) is 28.1 Å². The zero-order chi connectivity index (χ0) is 15.0. The topological polar surface area (TPSA) is 69.6 Å². The van der Waals surface area contributed by atoms with Crippen LogP contribution in [0.15, 0.2) is 40.9 Å². The van der Waals surface area contributed by atoms with Crippen molar-refractivity contribution in [3.8, 4) is 17.1 Å². The first kappa shape index (κ1) is 13.8. The number of nitrogens with two attached hydrogens (primary N) is 1. The average Bonchev–Trinajstić information content (AvgIpc) is 2.93. The fourth-order valence-electron chi connectivity index (χ4n) is 2.20. The third kappa shape index (κ3) is 2.42. The quantitative estimate of drug-likeness (QED) is 0.725. The summed E-state index contributed by atoms with van der Waals surface area (Å²) in [6, 6.07) is 11.7. The van der Waals surface area contributed by atoms with E-state index in [4.69, 9.17) is 5.73 Å². The molecule has 0 saturated carbocycles. The van der Waals surface area contributed by atoms with Crippen LogP contribution in [-0.2, 0) is 0 Å². The molecule has 3 rings (SSSR count). The van der Waals surface area contributed by atoms with E-state index in [1.807, 2.05) is 30.3 Å².